The van der Waals surface area contributed by atoms with Gasteiger partial charge in [0.2, 0.25) is 0 Å². The molecule has 2 aromatic carbocycles. The van der Waals surface area contributed by atoms with Crippen molar-refractivity contribution < 1.29 is 94.9 Å². The predicted octanol–water partition coefficient (Wildman–Crippen LogP) is -5.23. The number of hydrogen-bond donors (Lipinski definition) is 1. The van der Waals surface area contributed by atoms with E-state index in [0.717, 1.165) is 30.5 Å². The van der Waals surface area contributed by atoms with Gasteiger partial charge in [-0.05, 0) is 18.2 Å². The van der Waals surface area contributed by atoms with E-state index in [2.05, 4.69) is 10.5 Å². The summed E-state index contributed by atoms with van der Waals surface area (Å²) in [7, 11) is -10.2. The van der Waals surface area contributed by atoms with Gasteiger partial charge in [-0.1, -0.05) is 6.07 Å². The van der Waals surface area contributed by atoms with E-state index < -0.39 is 56.8 Å². The van der Waals surface area contributed by atoms with Crippen LogP contribution < -0.4 is 64.5 Å². The minimum absolute atomic E-state index is 0. The fourth-order valence-corrected chi connectivity index (χ4v) is 3.30. The van der Waals surface area contributed by atoms with E-state index in [1.54, 1.807) is 0 Å². The predicted molar refractivity (Wildman–Crippen MR) is 93.3 cm³/mol. The van der Waals surface area contributed by atoms with Gasteiger partial charge in [0.05, 0.1) is 31.9 Å². The molecule has 0 atom stereocenters. The van der Waals surface area contributed by atoms with E-state index in [0.29, 0.717) is 12.1 Å². The molecule has 0 spiro atoms. The van der Waals surface area contributed by atoms with Gasteiger partial charge in [0.1, 0.15) is 25.9 Å². The van der Waals surface area contributed by atoms with Crippen LogP contribution in [0.5, 0.6) is 0 Å². The van der Waals surface area contributed by atoms with Crippen LogP contribution >= 0.6 is 0 Å². The first-order valence-corrected chi connectivity index (χ1v) is 9.90. The monoisotopic (exact) mass is 490 g/mol. The van der Waals surface area contributed by atoms with Gasteiger partial charge < -0.3 is 9.11 Å². The van der Waals surface area contributed by atoms with Gasteiger partial charge in [0.15, 0.2) is 0 Å². The van der Waals surface area contributed by atoms with Crippen molar-refractivity contribution in [3.05, 3.63) is 62.2 Å². The smallest absolute Gasteiger partial charge is 0.744 e. The number of nitrogens with zero attached hydrogens (tertiary/aromatic N) is 3. The van der Waals surface area contributed by atoms with E-state index in [4.69, 9.17) is 0 Å². The number of hydrazone groups is 1. The van der Waals surface area contributed by atoms with Crippen molar-refractivity contribution in [1.29, 1.82) is 0 Å². The zero-order valence-electron chi connectivity index (χ0n) is 15.8. The van der Waals surface area contributed by atoms with Gasteiger partial charge in [-0.15, -0.1) is 0 Å². The average Bonchev–Trinajstić information content (AvgIpc) is 2.60. The van der Waals surface area contributed by atoms with Crippen LogP contribution in [0, 0.1) is 20.2 Å². The SMILES string of the molecule is O=[N+]([O-])c1ccc(N/N=C/c2ccc(S(=O)(=O)[O-])cc2S(=O)(=O)[O-])c([N+](=O)[O-])c1.[Na+].[Na+]. The Morgan fingerprint density at radius 1 is 0.871 bits per heavy atom. The number of nitro benzene ring substituents is 2. The van der Waals surface area contributed by atoms with Crippen LogP contribution in [0.2, 0.25) is 0 Å². The minimum Gasteiger partial charge on any atom is -0.744 e. The zero-order valence-corrected chi connectivity index (χ0v) is 21.4. The second-order valence-electron chi connectivity index (χ2n) is 5.19. The average molecular weight is 490 g/mol. The Balaban J connectivity index is 0.00000450. The Bertz CT molecular complexity index is 1250. The first-order valence-electron chi connectivity index (χ1n) is 7.08. The van der Waals surface area contributed by atoms with Crippen molar-refractivity contribution in [3.8, 4) is 0 Å². The van der Waals surface area contributed by atoms with Crippen molar-refractivity contribution in [2.45, 2.75) is 9.79 Å². The van der Waals surface area contributed by atoms with Crippen LogP contribution in [0.15, 0.2) is 51.3 Å². The molecule has 0 aliphatic rings. The molecule has 0 saturated heterocycles. The van der Waals surface area contributed by atoms with E-state index in [1.807, 2.05) is 0 Å². The molecule has 18 heteroatoms. The molecule has 0 aliphatic carbocycles. The summed E-state index contributed by atoms with van der Waals surface area (Å²) < 4.78 is 66.9. The standard InChI is InChI=1S/C13H10N4O10S2.2Na/c18-16(19)9-2-4-11(12(5-9)17(20)21)15-14-7-8-1-3-10(28(22,23)24)6-13(8)29(25,26)27;;/h1-7,15H,(H,22,23,24)(H,25,26,27);;/q;2*+1/p-2/b14-7+;;. The summed E-state index contributed by atoms with van der Waals surface area (Å²) in [6.45, 7) is 0. The number of nitrogens with one attached hydrogen (secondary N) is 1. The molecule has 0 aliphatic heterocycles. The number of rotatable bonds is 7. The van der Waals surface area contributed by atoms with Gasteiger partial charge in [0.25, 0.3) is 5.69 Å². The molecule has 0 bridgehead atoms. The quantitative estimate of drug-likeness (QED) is 0.127. The molecular formula is C13H8N4Na2O10S2. The van der Waals surface area contributed by atoms with Gasteiger partial charge in [-0.2, -0.15) is 5.10 Å². The third kappa shape index (κ3) is 7.86. The molecule has 0 amide bonds. The molecule has 0 unspecified atom stereocenters. The molecular weight excluding hydrogens is 482 g/mol. The largest absolute Gasteiger partial charge is 1.00 e. The molecule has 0 radical (unpaired) electrons. The summed E-state index contributed by atoms with van der Waals surface area (Å²) in [5.41, 5.74) is 0.196. The molecule has 0 fully saturated rings. The normalized spacial score (nSPS) is 11.3. The van der Waals surface area contributed by atoms with Crippen molar-refractivity contribution >= 4 is 43.5 Å². The molecule has 2 aromatic rings. The number of nitro groups is 2. The zero-order chi connectivity index (χ0) is 22.0. The van der Waals surface area contributed by atoms with Crippen LogP contribution in [0.25, 0.3) is 0 Å². The van der Waals surface area contributed by atoms with E-state index >= 15 is 0 Å². The van der Waals surface area contributed by atoms with Crippen LogP contribution in [0.4, 0.5) is 17.1 Å². The van der Waals surface area contributed by atoms with Gasteiger partial charge in [-0.25, -0.2) is 16.8 Å². The fourth-order valence-electron chi connectivity index (χ4n) is 2.04. The number of hydrogen-bond acceptors (Lipinski definition) is 12. The third-order valence-electron chi connectivity index (χ3n) is 3.32. The number of benzene rings is 2. The minimum atomic E-state index is -5.20. The Kier molecular flexibility index (Phi) is 10.9. The summed E-state index contributed by atoms with van der Waals surface area (Å²) >= 11 is 0. The van der Waals surface area contributed by atoms with Gasteiger partial charge >= 0.3 is 64.8 Å². The van der Waals surface area contributed by atoms with Crippen LogP contribution in [0.1, 0.15) is 5.56 Å². The summed E-state index contributed by atoms with van der Waals surface area (Å²) in [4.78, 5) is 17.9. The van der Waals surface area contributed by atoms with Crippen molar-refractivity contribution in [2.75, 3.05) is 5.43 Å². The molecule has 0 aromatic heterocycles. The van der Waals surface area contributed by atoms with Crippen LogP contribution in [0.3, 0.4) is 0 Å². The third-order valence-corrected chi connectivity index (χ3v) is 5.04. The van der Waals surface area contributed by atoms with E-state index in [-0.39, 0.29) is 64.8 Å². The Hall–Kier alpha value is -1.47. The van der Waals surface area contributed by atoms with Crippen molar-refractivity contribution in [2.24, 2.45) is 5.10 Å². The molecule has 0 saturated carbocycles. The molecule has 154 valence electrons. The van der Waals surface area contributed by atoms with Crippen LogP contribution in [-0.2, 0) is 20.2 Å². The Morgan fingerprint density at radius 2 is 1.48 bits per heavy atom. The molecule has 2 rings (SSSR count). The first kappa shape index (κ1) is 29.5. The molecule has 0 heterocycles. The first-order chi connectivity index (χ1) is 13.3. The van der Waals surface area contributed by atoms with E-state index in [9.17, 15) is 46.2 Å². The van der Waals surface area contributed by atoms with E-state index in [1.165, 1.54) is 0 Å². The molecule has 1 N–H and O–H groups in total. The maximum atomic E-state index is 11.3. The topological polar surface area (TPSA) is 225 Å². The maximum Gasteiger partial charge on any atom is 1.00 e. The van der Waals surface area contributed by atoms with Crippen LogP contribution in [-0.4, -0.2) is 42.0 Å². The van der Waals surface area contributed by atoms with Crippen molar-refractivity contribution in [1.82, 2.24) is 0 Å². The summed E-state index contributed by atoms with van der Waals surface area (Å²) in [6.07, 6.45) is 0.733. The fraction of sp³-hybridized carbons (Fsp3) is 0. The van der Waals surface area contributed by atoms with Gasteiger partial charge in [0, 0.05) is 11.6 Å². The second-order valence-corrected chi connectivity index (χ2v) is 7.92. The second kappa shape index (κ2) is 11.4. The van der Waals surface area contributed by atoms with Crippen molar-refractivity contribution in [3.63, 3.8) is 0 Å². The maximum absolute atomic E-state index is 11.3. The summed E-state index contributed by atoms with van der Waals surface area (Å²) in [5, 5.41) is 25.2. The summed E-state index contributed by atoms with van der Waals surface area (Å²) in [5.74, 6) is 0. The number of anilines is 1. The molecule has 31 heavy (non-hydrogen) atoms. The van der Waals surface area contributed by atoms with Gasteiger partial charge in [-0.3, -0.25) is 25.7 Å². The Morgan fingerprint density at radius 3 is 1.97 bits per heavy atom. The summed E-state index contributed by atoms with van der Waals surface area (Å²) in [6, 6.07) is 4.52. The Labute approximate surface area is 219 Å². The molecule has 14 nitrogen and oxygen atoms in total. The number of non-ortho nitro benzene ring substituents is 1.